The van der Waals surface area contributed by atoms with Crippen LogP contribution in [-0.2, 0) is 6.54 Å². The Hall–Kier alpha value is -0.610. The molecule has 0 bridgehead atoms. The average molecular weight is 299 g/mol. The lowest BCUT2D eigenvalue weighted by Gasteiger charge is -2.07. The summed E-state index contributed by atoms with van der Waals surface area (Å²) in [5.41, 5.74) is 1.22. The second kappa shape index (κ2) is 5.15. The van der Waals surface area contributed by atoms with Crippen LogP contribution < -0.4 is 0 Å². The molecule has 2 aromatic heterocycles. The van der Waals surface area contributed by atoms with Crippen LogP contribution in [0.15, 0.2) is 28.2 Å². The quantitative estimate of drug-likeness (QED) is 0.817. The zero-order valence-corrected chi connectivity index (χ0v) is 11.9. The summed E-state index contributed by atoms with van der Waals surface area (Å²) < 4.78 is 3.24. The lowest BCUT2D eigenvalue weighted by molar-refractivity contribution is 0.490. The molecular weight excluding hydrogens is 284 g/mol. The minimum Gasteiger partial charge on any atom is -0.264 e. The molecular formula is C12H15BrN2S. The fraction of sp³-hybridized carbons (Fsp3) is 0.417. The highest BCUT2D eigenvalue weighted by Gasteiger charge is 2.08. The third-order valence-electron chi connectivity index (χ3n) is 2.45. The molecule has 2 heterocycles. The van der Waals surface area contributed by atoms with E-state index in [-0.39, 0.29) is 0 Å². The van der Waals surface area contributed by atoms with Crippen molar-refractivity contribution >= 4 is 27.3 Å². The first-order valence-corrected chi connectivity index (χ1v) is 7.10. The smallest absolute Gasteiger partial charge is 0.0782 e. The molecule has 2 rings (SSSR count). The van der Waals surface area contributed by atoms with Crippen LogP contribution in [0.2, 0.25) is 0 Å². The number of nitrogens with zero attached hydrogens (tertiary/aromatic N) is 2. The van der Waals surface area contributed by atoms with Crippen molar-refractivity contribution < 1.29 is 0 Å². The molecule has 16 heavy (non-hydrogen) atoms. The normalized spacial score (nSPS) is 11.2. The van der Waals surface area contributed by atoms with Crippen molar-refractivity contribution in [2.24, 2.45) is 5.92 Å². The van der Waals surface area contributed by atoms with Crippen molar-refractivity contribution in [1.29, 1.82) is 0 Å². The second-order valence-corrected chi connectivity index (χ2v) is 6.08. The van der Waals surface area contributed by atoms with Gasteiger partial charge in [0.05, 0.1) is 10.6 Å². The molecule has 2 aromatic rings. The Morgan fingerprint density at radius 1 is 1.50 bits per heavy atom. The van der Waals surface area contributed by atoms with Gasteiger partial charge in [0.25, 0.3) is 0 Å². The predicted molar refractivity (Wildman–Crippen MR) is 72.7 cm³/mol. The van der Waals surface area contributed by atoms with Crippen LogP contribution in [0.25, 0.3) is 10.6 Å². The van der Waals surface area contributed by atoms with Crippen molar-refractivity contribution in [1.82, 2.24) is 9.78 Å². The van der Waals surface area contributed by atoms with E-state index in [1.165, 1.54) is 17.0 Å². The molecule has 0 aromatic carbocycles. The molecule has 0 radical (unpaired) electrons. The van der Waals surface area contributed by atoms with Crippen molar-refractivity contribution in [3.05, 3.63) is 28.2 Å². The van der Waals surface area contributed by atoms with Crippen molar-refractivity contribution in [3.8, 4) is 10.6 Å². The number of thiophene rings is 1. The first kappa shape index (κ1) is 11.9. The van der Waals surface area contributed by atoms with Crippen molar-refractivity contribution in [2.45, 2.75) is 26.8 Å². The Balaban J connectivity index is 2.19. The van der Waals surface area contributed by atoms with Crippen LogP contribution in [0.5, 0.6) is 0 Å². The third kappa shape index (κ3) is 2.74. The van der Waals surface area contributed by atoms with E-state index >= 15 is 0 Å². The maximum atomic E-state index is 4.38. The summed E-state index contributed by atoms with van der Waals surface area (Å²) in [6.07, 6.45) is 3.05. The van der Waals surface area contributed by atoms with Gasteiger partial charge in [-0.2, -0.15) is 5.10 Å². The Bertz CT molecular complexity index is 459. The Morgan fingerprint density at radius 3 is 2.94 bits per heavy atom. The highest BCUT2D eigenvalue weighted by atomic mass is 79.9. The lowest BCUT2D eigenvalue weighted by Crippen LogP contribution is -2.04. The van der Waals surface area contributed by atoms with E-state index in [9.17, 15) is 0 Å². The van der Waals surface area contributed by atoms with Gasteiger partial charge in [0.2, 0.25) is 0 Å². The van der Waals surface area contributed by atoms with E-state index in [0.29, 0.717) is 5.92 Å². The number of halogens is 1. The number of aromatic nitrogens is 2. The third-order valence-corrected chi connectivity index (χ3v) is 4.17. The SMILES string of the molecule is CC(C)CCn1nccc1-c1cc(Br)cs1. The molecule has 0 amide bonds. The Kier molecular flexibility index (Phi) is 3.82. The van der Waals surface area contributed by atoms with Crippen LogP contribution in [0, 0.1) is 5.92 Å². The molecule has 4 heteroatoms. The molecule has 0 fully saturated rings. The average Bonchev–Trinajstić information content (AvgIpc) is 2.82. The largest absolute Gasteiger partial charge is 0.264 e. The van der Waals surface area contributed by atoms with E-state index in [4.69, 9.17) is 0 Å². The second-order valence-electron chi connectivity index (χ2n) is 4.25. The van der Waals surface area contributed by atoms with Crippen LogP contribution in [0.4, 0.5) is 0 Å². The van der Waals surface area contributed by atoms with Gasteiger partial charge >= 0.3 is 0 Å². The molecule has 0 saturated carbocycles. The summed E-state index contributed by atoms with van der Waals surface area (Å²) in [5.74, 6) is 0.715. The predicted octanol–water partition coefficient (Wildman–Crippen LogP) is 4.42. The Labute approximate surface area is 108 Å². The molecule has 0 atom stereocenters. The van der Waals surface area contributed by atoms with Gasteiger partial charge in [-0.05, 0) is 40.4 Å². The van der Waals surface area contributed by atoms with Gasteiger partial charge in [-0.15, -0.1) is 11.3 Å². The molecule has 0 N–H and O–H groups in total. The van der Waals surface area contributed by atoms with Gasteiger partial charge in [0.15, 0.2) is 0 Å². The zero-order valence-electron chi connectivity index (χ0n) is 9.48. The minimum absolute atomic E-state index is 0.715. The summed E-state index contributed by atoms with van der Waals surface area (Å²) in [7, 11) is 0. The highest BCUT2D eigenvalue weighted by Crippen LogP contribution is 2.29. The molecule has 2 nitrogen and oxygen atoms in total. The maximum Gasteiger partial charge on any atom is 0.0782 e. The van der Waals surface area contributed by atoms with E-state index in [1.54, 1.807) is 11.3 Å². The molecule has 0 saturated heterocycles. The number of hydrogen-bond acceptors (Lipinski definition) is 2. The molecule has 86 valence electrons. The molecule has 0 aliphatic carbocycles. The van der Waals surface area contributed by atoms with Gasteiger partial charge in [-0.3, -0.25) is 4.68 Å². The van der Waals surface area contributed by atoms with Crippen molar-refractivity contribution in [3.63, 3.8) is 0 Å². The van der Waals surface area contributed by atoms with Crippen LogP contribution in [-0.4, -0.2) is 9.78 Å². The van der Waals surface area contributed by atoms with Crippen molar-refractivity contribution in [2.75, 3.05) is 0 Å². The minimum atomic E-state index is 0.715. The summed E-state index contributed by atoms with van der Waals surface area (Å²) in [6.45, 7) is 5.48. The number of rotatable bonds is 4. The van der Waals surface area contributed by atoms with E-state index in [1.807, 2.05) is 6.20 Å². The molecule has 0 aliphatic rings. The highest BCUT2D eigenvalue weighted by molar-refractivity contribution is 9.10. The number of hydrogen-bond donors (Lipinski definition) is 0. The molecule has 0 spiro atoms. The number of aryl methyl sites for hydroxylation is 1. The lowest BCUT2D eigenvalue weighted by atomic mass is 10.1. The van der Waals surface area contributed by atoms with Gasteiger partial charge in [0, 0.05) is 22.6 Å². The van der Waals surface area contributed by atoms with Crippen LogP contribution in [0.1, 0.15) is 20.3 Å². The topological polar surface area (TPSA) is 17.8 Å². The summed E-state index contributed by atoms with van der Waals surface area (Å²) in [5, 5.41) is 6.49. The molecule has 0 unspecified atom stereocenters. The zero-order chi connectivity index (χ0) is 11.5. The summed E-state index contributed by atoms with van der Waals surface area (Å²) >= 11 is 5.23. The summed E-state index contributed by atoms with van der Waals surface area (Å²) in [6, 6.07) is 4.23. The first-order chi connectivity index (χ1) is 7.66. The Morgan fingerprint density at radius 2 is 2.31 bits per heavy atom. The first-order valence-electron chi connectivity index (χ1n) is 5.43. The van der Waals surface area contributed by atoms with Crippen LogP contribution in [0.3, 0.4) is 0 Å². The van der Waals surface area contributed by atoms with E-state index < -0.39 is 0 Å². The van der Waals surface area contributed by atoms with Gasteiger partial charge in [-0.1, -0.05) is 13.8 Å². The maximum absolute atomic E-state index is 4.38. The van der Waals surface area contributed by atoms with Crippen LogP contribution >= 0.6 is 27.3 Å². The van der Waals surface area contributed by atoms with E-state index in [0.717, 1.165) is 11.0 Å². The monoisotopic (exact) mass is 298 g/mol. The van der Waals surface area contributed by atoms with Gasteiger partial charge in [-0.25, -0.2) is 0 Å². The standard InChI is InChI=1S/C12H15BrN2S/c1-9(2)4-6-15-11(3-5-14-15)12-7-10(13)8-16-12/h3,5,7-9H,4,6H2,1-2H3. The summed E-state index contributed by atoms with van der Waals surface area (Å²) in [4.78, 5) is 1.27. The fourth-order valence-electron chi connectivity index (χ4n) is 1.55. The fourth-order valence-corrected chi connectivity index (χ4v) is 3.01. The molecule has 0 aliphatic heterocycles. The van der Waals surface area contributed by atoms with Gasteiger partial charge < -0.3 is 0 Å². The van der Waals surface area contributed by atoms with Gasteiger partial charge in [0.1, 0.15) is 0 Å². The van der Waals surface area contributed by atoms with E-state index in [2.05, 4.69) is 57.1 Å².